The molecule has 0 heterocycles. The summed E-state index contributed by atoms with van der Waals surface area (Å²) in [5.41, 5.74) is 6.38. The molecule has 0 unspecified atom stereocenters. The largest absolute Gasteiger partial charge is 0.289 e. The fourth-order valence-electron chi connectivity index (χ4n) is 2.92. The number of alkyl halides is 1. The Morgan fingerprint density at radius 1 is 0.792 bits per heavy atom. The quantitative estimate of drug-likeness (QED) is 0.468. The van der Waals surface area contributed by atoms with E-state index in [2.05, 4.69) is 78.3 Å². The maximum absolute atomic E-state index is 12.9. The number of Topliss-reactive ketones (excluding diaryl/α,β-unsaturated/α-hetero) is 1. The van der Waals surface area contributed by atoms with Gasteiger partial charge in [-0.05, 0) is 50.0 Å². The van der Waals surface area contributed by atoms with Crippen LogP contribution >= 0.6 is 15.9 Å². The van der Waals surface area contributed by atoms with E-state index in [4.69, 9.17) is 0 Å². The predicted octanol–water partition coefficient (Wildman–Crippen LogP) is 5.90. The molecule has 2 heteroatoms. The third-order valence-corrected chi connectivity index (χ3v) is 4.95. The Morgan fingerprint density at radius 2 is 1.17 bits per heavy atom. The summed E-state index contributed by atoms with van der Waals surface area (Å²) in [6.45, 7) is 4.14. The Hall–Kier alpha value is -1.93. The molecule has 0 saturated heterocycles. The summed E-state index contributed by atoms with van der Waals surface area (Å²) >= 11 is 3.71. The number of allylic oxidation sites excluding steroid dienone is 2. The van der Waals surface area contributed by atoms with Gasteiger partial charge in [0.2, 0.25) is 0 Å². The van der Waals surface area contributed by atoms with Crippen LogP contribution in [0.15, 0.2) is 59.7 Å². The van der Waals surface area contributed by atoms with Crippen LogP contribution in [0.3, 0.4) is 0 Å². The van der Waals surface area contributed by atoms with Gasteiger partial charge in [-0.3, -0.25) is 4.79 Å². The number of hydrogen-bond donors (Lipinski definition) is 0. The third-order valence-electron chi connectivity index (χ3n) is 4.30. The zero-order chi connectivity index (χ0) is 17.1. The van der Waals surface area contributed by atoms with Gasteiger partial charge in [-0.2, -0.15) is 0 Å². The van der Waals surface area contributed by atoms with E-state index in [1.807, 2.05) is 12.2 Å². The monoisotopic (exact) mass is 380 g/mol. The number of rotatable bonds is 2. The normalized spacial score (nSPS) is 21.5. The van der Waals surface area contributed by atoms with Crippen molar-refractivity contribution in [1.82, 2.24) is 0 Å². The minimum Gasteiger partial charge on any atom is -0.289 e. The second kappa shape index (κ2) is 7.31. The second-order valence-electron chi connectivity index (χ2n) is 6.50. The Bertz CT molecular complexity index is 727. The fourth-order valence-corrected chi connectivity index (χ4v) is 3.62. The predicted molar refractivity (Wildman–Crippen MR) is 105 cm³/mol. The van der Waals surface area contributed by atoms with Gasteiger partial charge in [-0.25, -0.2) is 0 Å². The van der Waals surface area contributed by atoms with Crippen molar-refractivity contribution in [3.05, 3.63) is 81.9 Å². The number of carbonyl (C=O) groups is 1. The Labute approximate surface area is 152 Å². The average Bonchev–Trinajstić information content (AvgIpc) is 2.56. The summed E-state index contributed by atoms with van der Waals surface area (Å²) in [6, 6.07) is 16.6. The molecule has 1 nitrogen and oxygen atoms in total. The van der Waals surface area contributed by atoms with E-state index in [9.17, 15) is 4.79 Å². The van der Waals surface area contributed by atoms with Gasteiger partial charge in [0.15, 0.2) is 5.78 Å². The average molecular weight is 381 g/mol. The Balaban J connectivity index is 1.90. The molecule has 0 spiro atoms. The second-order valence-corrected chi connectivity index (χ2v) is 7.79. The molecule has 2 aromatic carbocycles. The van der Waals surface area contributed by atoms with Crippen molar-refractivity contribution in [2.24, 2.45) is 0 Å². The standard InChI is InChI=1S/C22H21BrO/c1-15-3-7-17(8-4-15)11-19-13-21(23)14-20(22(19)24)12-18-9-5-16(2)6-10-18/h3-12,21H,13-14H2,1-2H3/b19-11+,20-12+. The minimum atomic E-state index is 0.173. The number of carbonyl (C=O) groups excluding carboxylic acids is 1. The first kappa shape index (κ1) is 16.9. The molecule has 0 aliphatic heterocycles. The van der Waals surface area contributed by atoms with Crippen molar-refractivity contribution >= 4 is 33.9 Å². The molecule has 122 valence electrons. The molecule has 1 fully saturated rings. The summed E-state index contributed by atoms with van der Waals surface area (Å²) in [5.74, 6) is 0.173. The molecule has 0 aromatic heterocycles. The van der Waals surface area contributed by atoms with Crippen molar-refractivity contribution in [1.29, 1.82) is 0 Å². The summed E-state index contributed by atoms with van der Waals surface area (Å²) in [6.07, 6.45) is 5.60. The van der Waals surface area contributed by atoms with Crippen LogP contribution in [0.4, 0.5) is 0 Å². The summed E-state index contributed by atoms with van der Waals surface area (Å²) in [7, 11) is 0. The number of aryl methyl sites for hydroxylation is 2. The van der Waals surface area contributed by atoms with E-state index in [-0.39, 0.29) is 5.78 Å². The molecule has 0 radical (unpaired) electrons. The van der Waals surface area contributed by atoms with Gasteiger partial charge in [0.25, 0.3) is 0 Å². The number of ketones is 1. The lowest BCUT2D eigenvalue weighted by molar-refractivity contribution is -0.112. The Morgan fingerprint density at radius 3 is 1.54 bits per heavy atom. The maximum atomic E-state index is 12.9. The van der Waals surface area contributed by atoms with Crippen molar-refractivity contribution in [2.75, 3.05) is 0 Å². The first-order valence-electron chi connectivity index (χ1n) is 8.24. The van der Waals surface area contributed by atoms with Gasteiger partial charge < -0.3 is 0 Å². The van der Waals surface area contributed by atoms with Crippen LogP contribution in [0, 0.1) is 13.8 Å². The van der Waals surface area contributed by atoms with Gasteiger partial charge in [-0.15, -0.1) is 0 Å². The summed E-state index contributed by atoms with van der Waals surface area (Å²) in [5, 5.41) is 0. The number of hydrogen-bond acceptors (Lipinski definition) is 1. The molecular formula is C22H21BrO. The molecule has 0 atom stereocenters. The highest BCUT2D eigenvalue weighted by Gasteiger charge is 2.26. The lowest BCUT2D eigenvalue weighted by atomic mass is 9.86. The zero-order valence-electron chi connectivity index (χ0n) is 14.1. The van der Waals surface area contributed by atoms with E-state index >= 15 is 0 Å². The van der Waals surface area contributed by atoms with Crippen LogP contribution in [-0.4, -0.2) is 10.6 Å². The lowest BCUT2D eigenvalue weighted by Gasteiger charge is -2.21. The lowest BCUT2D eigenvalue weighted by Crippen LogP contribution is -2.19. The van der Waals surface area contributed by atoms with E-state index in [1.54, 1.807) is 0 Å². The molecule has 0 bridgehead atoms. The molecule has 24 heavy (non-hydrogen) atoms. The highest BCUT2D eigenvalue weighted by atomic mass is 79.9. The number of halogens is 1. The summed E-state index contributed by atoms with van der Waals surface area (Å²) < 4.78 is 0. The molecule has 1 aliphatic rings. The van der Waals surface area contributed by atoms with E-state index in [0.29, 0.717) is 4.83 Å². The number of benzene rings is 2. The molecule has 3 rings (SSSR count). The first-order valence-corrected chi connectivity index (χ1v) is 9.16. The fraction of sp³-hybridized carbons (Fsp3) is 0.227. The van der Waals surface area contributed by atoms with Crippen LogP contribution in [0.25, 0.3) is 12.2 Å². The van der Waals surface area contributed by atoms with Crippen molar-refractivity contribution in [3.8, 4) is 0 Å². The van der Waals surface area contributed by atoms with E-state index in [1.165, 1.54) is 11.1 Å². The van der Waals surface area contributed by atoms with Crippen LogP contribution in [-0.2, 0) is 4.79 Å². The van der Waals surface area contributed by atoms with Gasteiger partial charge in [0.05, 0.1) is 0 Å². The molecule has 2 aromatic rings. The first-order chi connectivity index (χ1) is 11.5. The molecule has 1 saturated carbocycles. The molecule has 0 N–H and O–H groups in total. The van der Waals surface area contributed by atoms with E-state index < -0.39 is 0 Å². The SMILES string of the molecule is Cc1ccc(/C=C2\CC(Br)C/C(=C\c3ccc(C)cc3)C2=O)cc1. The zero-order valence-corrected chi connectivity index (χ0v) is 15.6. The Kier molecular flexibility index (Phi) is 5.15. The highest BCUT2D eigenvalue weighted by molar-refractivity contribution is 9.09. The van der Waals surface area contributed by atoms with Crippen LogP contribution in [0.1, 0.15) is 35.1 Å². The highest BCUT2D eigenvalue weighted by Crippen LogP contribution is 2.32. The maximum Gasteiger partial charge on any atom is 0.185 e. The molecule has 1 aliphatic carbocycles. The topological polar surface area (TPSA) is 17.1 Å². The summed E-state index contributed by atoms with van der Waals surface area (Å²) in [4.78, 5) is 13.2. The van der Waals surface area contributed by atoms with Crippen LogP contribution < -0.4 is 0 Å². The molecular weight excluding hydrogens is 360 g/mol. The molecule has 0 amide bonds. The van der Waals surface area contributed by atoms with Crippen molar-refractivity contribution in [2.45, 2.75) is 31.5 Å². The van der Waals surface area contributed by atoms with Crippen molar-refractivity contribution in [3.63, 3.8) is 0 Å². The van der Waals surface area contributed by atoms with Gasteiger partial charge >= 0.3 is 0 Å². The minimum absolute atomic E-state index is 0.173. The van der Waals surface area contributed by atoms with Crippen LogP contribution in [0.2, 0.25) is 0 Å². The van der Waals surface area contributed by atoms with Gasteiger partial charge in [0.1, 0.15) is 0 Å². The van der Waals surface area contributed by atoms with Crippen molar-refractivity contribution < 1.29 is 4.79 Å². The van der Waals surface area contributed by atoms with Gasteiger partial charge in [0, 0.05) is 16.0 Å². The van der Waals surface area contributed by atoms with Gasteiger partial charge in [-0.1, -0.05) is 75.6 Å². The third kappa shape index (κ3) is 4.12. The van der Waals surface area contributed by atoms with Crippen LogP contribution in [0.5, 0.6) is 0 Å². The van der Waals surface area contributed by atoms with E-state index in [0.717, 1.165) is 35.1 Å². The smallest absolute Gasteiger partial charge is 0.185 e.